The average Bonchev–Trinajstić information content (AvgIpc) is 2.41. The van der Waals surface area contributed by atoms with Crippen LogP contribution in [0.3, 0.4) is 0 Å². The molecule has 1 aromatic rings. The van der Waals surface area contributed by atoms with Crippen molar-refractivity contribution in [2.75, 3.05) is 0 Å². The van der Waals surface area contributed by atoms with Crippen molar-refractivity contribution in [3.05, 3.63) is 29.6 Å². The van der Waals surface area contributed by atoms with E-state index in [0.29, 0.717) is 18.8 Å². The fraction of sp³-hybridized carbons (Fsp3) is 0.533. The summed E-state index contributed by atoms with van der Waals surface area (Å²) in [5.41, 5.74) is -0.792. The first kappa shape index (κ1) is 15.9. The van der Waals surface area contributed by atoms with Crippen molar-refractivity contribution >= 4 is 10.0 Å². The maximum Gasteiger partial charge on any atom is 0.241 e. The van der Waals surface area contributed by atoms with Gasteiger partial charge in [-0.3, -0.25) is 0 Å². The van der Waals surface area contributed by atoms with Gasteiger partial charge in [-0.25, -0.2) is 12.8 Å². The van der Waals surface area contributed by atoms with Gasteiger partial charge in [-0.2, -0.15) is 9.98 Å². The summed E-state index contributed by atoms with van der Waals surface area (Å²) >= 11 is 0. The molecule has 1 fully saturated rings. The molecule has 21 heavy (non-hydrogen) atoms. The molecule has 1 N–H and O–H groups in total. The summed E-state index contributed by atoms with van der Waals surface area (Å²) < 4.78 is 40.7. The molecule has 0 amide bonds. The smallest absolute Gasteiger partial charge is 0.207 e. The van der Waals surface area contributed by atoms with E-state index in [1.54, 1.807) is 0 Å². The van der Waals surface area contributed by atoms with E-state index in [2.05, 4.69) is 10.8 Å². The van der Waals surface area contributed by atoms with Crippen LogP contribution in [0.5, 0.6) is 0 Å². The van der Waals surface area contributed by atoms with Crippen LogP contribution in [-0.2, 0) is 10.0 Å². The number of hydrogen-bond donors (Lipinski definition) is 1. The van der Waals surface area contributed by atoms with Gasteiger partial charge in [0, 0.05) is 0 Å². The Bertz CT molecular complexity index is 681. The number of nitriles is 1. The molecule has 6 heteroatoms. The maximum atomic E-state index is 13.3. The summed E-state index contributed by atoms with van der Waals surface area (Å²) in [5.74, 6) is -0.147. The number of benzene rings is 1. The Kier molecular flexibility index (Phi) is 4.35. The first-order valence-corrected chi connectivity index (χ1v) is 8.48. The van der Waals surface area contributed by atoms with Crippen molar-refractivity contribution in [1.82, 2.24) is 4.72 Å². The van der Waals surface area contributed by atoms with E-state index in [1.165, 1.54) is 19.1 Å². The zero-order valence-corrected chi connectivity index (χ0v) is 13.0. The maximum absolute atomic E-state index is 13.3. The minimum Gasteiger partial charge on any atom is -0.207 e. The summed E-state index contributed by atoms with van der Waals surface area (Å²) in [5, 5.41) is 9.43. The Hall–Kier alpha value is -1.45. The number of aryl methyl sites for hydroxylation is 1. The highest BCUT2D eigenvalue weighted by Gasteiger charge is 2.39. The van der Waals surface area contributed by atoms with Crippen molar-refractivity contribution in [3.8, 4) is 6.07 Å². The molecule has 1 aliphatic rings. The first-order chi connectivity index (χ1) is 9.78. The average molecular weight is 310 g/mol. The van der Waals surface area contributed by atoms with Crippen LogP contribution >= 0.6 is 0 Å². The third-order valence-corrected chi connectivity index (χ3v) is 5.51. The molecule has 1 aliphatic carbocycles. The number of nitrogens with zero attached hydrogens (tertiary/aromatic N) is 1. The fourth-order valence-electron chi connectivity index (χ4n) is 2.87. The Labute approximate surface area is 125 Å². The first-order valence-electron chi connectivity index (χ1n) is 6.99. The highest BCUT2D eigenvalue weighted by molar-refractivity contribution is 7.89. The molecular formula is C15H19FN2O2S. The van der Waals surface area contributed by atoms with Gasteiger partial charge in [0.1, 0.15) is 11.4 Å². The van der Waals surface area contributed by atoms with Crippen molar-refractivity contribution < 1.29 is 12.8 Å². The van der Waals surface area contributed by atoms with Crippen LogP contribution in [-0.4, -0.2) is 14.0 Å². The lowest BCUT2D eigenvalue weighted by Gasteiger charge is -2.34. The lowest BCUT2D eigenvalue weighted by Crippen LogP contribution is -2.49. The summed E-state index contributed by atoms with van der Waals surface area (Å²) in [6.07, 6.45) is 2.83. The zero-order chi connectivity index (χ0) is 15.7. The van der Waals surface area contributed by atoms with Crippen LogP contribution in [0.2, 0.25) is 0 Å². The molecule has 0 aromatic heterocycles. The third kappa shape index (κ3) is 3.42. The van der Waals surface area contributed by atoms with Gasteiger partial charge in [0.15, 0.2) is 0 Å². The van der Waals surface area contributed by atoms with Gasteiger partial charge >= 0.3 is 0 Å². The van der Waals surface area contributed by atoms with Crippen molar-refractivity contribution in [2.45, 2.75) is 50.0 Å². The highest BCUT2D eigenvalue weighted by Crippen LogP contribution is 2.33. The lowest BCUT2D eigenvalue weighted by atomic mass is 9.78. The number of hydrogen-bond acceptors (Lipinski definition) is 3. The highest BCUT2D eigenvalue weighted by atomic mass is 32.2. The number of rotatable bonds is 3. The Morgan fingerprint density at radius 3 is 2.76 bits per heavy atom. The number of halogens is 1. The molecule has 0 saturated heterocycles. The standard InChI is InChI=1S/C15H19FN2O2S/c1-11-4-3-7-15(9-11,10-17)18-21(19,20)13-5-6-14(16)12(2)8-13/h5-6,8,11,18H,3-4,7,9H2,1-2H3/t11-,15-/m1/s1. The third-order valence-electron chi connectivity index (χ3n) is 3.98. The molecule has 1 aromatic carbocycles. The SMILES string of the molecule is Cc1cc(S(=O)(=O)N[C@]2(C#N)CCC[C@@H](C)C2)ccc1F. The molecule has 0 unspecified atom stereocenters. The van der Waals surface area contributed by atoms with Crippen molar-refractivity contribution in [2.24, 2.45) is 5.92 Å². The molecule has 2 rings (SSSR count). The fourth-order valence-corrected chi connectivity index (χ4v) is 4.31. The minimum atomic E-state index is -3.83. The summed E-state index contributed by atoms with van der Waals surface area (Å²) in [6, 6.07) is 5.78. The van der Waals surface area contributed by atoms with Gasteiger partial charge in [-0.15, -0.1) is 0 Å². The largest absolute Gasteiger partial charge is 0.241 e. The number of nitrogens with one attached hydrogen (secondary N) is 1. The predicted octanol–water partition coefficient (Wildman–Crippen LogP) is 2.88. The van der Waals surface area contributed by atoms with Crippen LogP contribution in [0, 0.1) is 30.0 Å². The Morgan fingerprint density at radius 1 is 1.48 bits per heavy atom. The van der Waals surface area contributed by atoms with E-state index in [-0.39, 0.29) is 10.5 Å². The van der Waals surface area contributed by atoms with E-state index in [4.69, 9.17) is 0 Å². The van der Waals surface area contributed by atoms with Gasteiger partial charge in [-0.1, -0.05) is 19.8 Å². The molecule has 0 spiro atoms. The molecule has 2 atom stereocenters. The van der Waals surface area contributed by atoms with E-state index in [1.807, 2.05) is 6.92 Å². The van der Waals surface area contributed by atoms with Crippen LogP contribution in [0.25, 0.3) is 0 Å². The molecule has 114 valence electrons. The summed E-state index contributed by atoms with van der Waals surface area (Å²) in [4.78, 5) is -0.00532. The quantitative estimate of drug-likeness (QED) is 0.933. The second-order valence-corrected chi connectivity index (χ2v) is 7.59. The molecular weight excluding hydrogens is 291 g/mol. The minimum absolute atomic E-state index is 0.00532. The molecule has 0 heterocycles. The van der Waals surface area contributed by atoms with Gasteiger partial charge in [0.05, 0.1) is 11.0 Å². The van der Waals surface area contributed by atoms with Crippen molar-refractivity contribution in [3.63, 3.8) is 0 Å². The summed E-state index contributed by atoms with van der Waals surface area (Å²) in [7, 11) is -3.83. The number of sulfonamides is 1. The van der Waals surface area contributed by atoms with Crippen LogP contribution < -0.4 is 4.72 Å². The second-order valence-electron chi connectivity index (χ2n) is 5.91. The van der Waals surface area contributed by atoms with Gasteiger partial charge in [0.2, 0.25) is 10.0 Å². The van der Waals surface area contributed by atoms with Gasteiger partial charge in [0.25, 0.3) is 0 Å². The van der Waals surface area contributed by atoms with E-state index < -0.39 is 21.4 Å². The Balaban J connectivity index is 2.31. The van der Waals surface area contributed by atoms with E-state index in [9.17, 15) is 18.1 Å². The molecule has 0 bridgehead atoms. The van der Waals surface area contributed by atoms with Gasteiger partial charge in [-0.05, 0) is 49.4 Å². The molecule has 1 saturated carbocycles. The topological polar surface area (TPSA) is 70.0 Å². The monoisotopic (exact) mass is 310 g/mol. The molecule has 0 aliphatic heterocycles. The predicted molar refractivity (Wildman–Crippen MR) is 77.4 cm³/mol. The van der Waals surface area contributed by atoms with Crippen LogP contribution in [0.4, 0.5) is 4.39 Å². The summed E-state index contributed by atoms with van der Waals surface area (Å²) in [6.45, 7) is 3.53. The second kappa shape index (κ2) is 5.74. The van der Waals surface area contributed by atoms with E-state index in [0.717, 1.165) is 18.9 Å². The van der Waals surface area contributed by atoms with Gasteiger partial charge < -0.3 is 0 Å². The van der Waals surface area contributed by atoms with E-state index >= 15 is 0 Å². The molecule has 0 radical (unpaired) electrons. The lowest BCUT2D eigenvalue weighted by molar-refractivity contribution is 0.270. The zero-order valence-electron chi connectivity index (χ0n) is 12.2. The van der Waals surface area contributed by atoms with Crippen LogP contribution in [0.1, 0.15) is 38.2 Å². The van der Waals surface area contributed by atoms with Crippen molar-refractivity contribution in [1.29, 1.82) is 5.26 Å². The normalized spacial score (nSPS) is 26.3. The molecule has 4 nitrogen and oxygen atoms in total. The van der Waals surface area contributed by atoms with Crippen LogP contribution in [0.15, 0.2) is 23.1 Å². The Morgan fingerprint density at radius 2 is 2.19 bits per heavy atom.